The van der Waals surface area contributed by atoms with Gasteiger partial charge in [0.15, 0.2) is 0 Å². The number of hydrogen-bond donors (Lipinski definition) is 2. The third kappa shape index (κ3) is 4.49. The molecule has 0 unspecified atom stereocenters. The van der Waals surface area contributed by atoms with Gasteiger partial charge in [0.1, 0.15) is 5.82 Å². The molecule has 0 spiro atoms. The summed E-state index contributed by atoms with van der Waals surface area (Å²) in [5.41, 5.74) is 1.07. The fourth-order valence-corrected chi connectivity index (χ4v) is 3.55. The SMILES string of the molecule is O=C(CC1CCSCC1)NCc1ccc(F)c(CO)c1. The molecule has 1 aromatic rings. The average molecular weight is 297 g/mol. The first-order chi connectivity index (χ1) is 9.69. The number of carbonyl (C=O) groups excluding carboxylic acids is 1. The van der Waals surface area contributed by atoms with Crippen LogP contribution in [0.15, 0.2) is 18.2 Å². The topological polar surface area (TPSA) is 49.3 Å². The molecule has 0 bridgehead atoms. The van der Waals surface area contributed by atoms with Crippen LogP contribution in [0.1, 0.15) is 30.4 Å². The summed E-state index contributed by atoms with van der Waals surface area (Å²) in [5, 5.41) is 11.9. The van der Waals surface area contributed by atoms with Gasteiger partial charge in [0.2, 0.25) is 5.91 Å². The second-order valence-corrected chi connectivity index (χ2v) is 6.35. The summed E-state index contributed by atoms with van der Waals surface area (Å²) in [6.07, 6.45) is 2.81. The fraction of sp³-hybridized carbons (Fsp3) is 0.533. The van der Waals surface area contributed by atoms with Crippen LogP contribution in [0.2, 0.25) is 0 Å². The van der Waals surface area contributed by atoms with Gasteiger partial charge in [-0.1, -0.05) is 6.07 Å². The van der Waals surface area contributed by atoms with E-state index < -0.39 is 5.82 Å². The number of aliphatic hydroxyl groups is 1. The number of rotatable bonds is 5. The minimum atomic E-state index is -0.415. The molecule has 1 aliphatic rings. The summed E-state index contributed by atoms with van der Waals surface area (Å²) in [5.74, 6) is 2.43. The van der Waals surface area contributed by atoms with Crippen molar-refractivity contribution in [3.8, 4) is 0 Å². The van der Waals surface area contributed by atoms with Gasteiger partial charge in [-0.15, -0.1) is 0 Å². The summed E-state index contributed by atoms with van der Waals surface area (Å²) in [4.78, 5) is 11.9. The first kappa shape index (κ1) is 15.3. The molecule has 0 radical (unpaired) electrons. The third-order valence-electron chi connectivity index (χ3n) is 3.59. The molecule has 2 rings (SSSR count). The molecule has 1 saturated heterocycles. The van der Waals surface area contributed by atoms with Gasteiger partial charge < -0.3 is 10.4 Å². The van der Waals surface area contributed by atoms with Crippen LogP contribution in [-0.4, -0.2) is 22.5 Å². The summed E-state index contributed by atoms with van der Waals surface area (Å²) in [6, 6.07) is 4.55. The van der Waals surface area contributed by atoms with Crippen LogP contribution in [0.4, 0.5) is 4.39 Å². The Balaban J connectivity index is 1.80. The number of hydrogen-bond acceptors (Lipinski definition) is 3. The van der Waals surface area contributed by atoms with Gasteiger partial charge in [-0.05, 0) is 48.0 Å². The second kappa shape index (κ2) is 7.64. The molecule has 2 N–H and O–H groups in total. The highest BCUT2D eigenvalue weighted by molar-refractivity contribution is 7.99. The maximum absolute atomic E-state index is 13.2. The second-order valence-electron chi connectivity index (χ2n) is 5.12. The highest BCUT2D eigenvalue weighted by Gasteiger charge is 2.17. The van der Waals surface area contributed by atoms with Crippen molar-refractivity contribution in [1.29, 1.82) is 0 Å². The Hall–Kier alpha value is -1.07. The quantitative estimate of drug-likeness (QED) is 0.878. The summed E-state index contributed by atoms with van der Waals surface area (Å²) < 4.78 is 13.2. The summed E-state index contributed by atoms with van der Waals surface area (Å²) >= 11 is 1.95. The minimum absolute atomic E-state index is 0.0526. The van der Waals surface area contributed by atoms with E-state index in [9.17, 15) is 9.18 Å². The first-order valence-electron chi connectivity index (χ1n) is 6.91. The molecule has 1 fully saturated rings. The van der Waals surface area contributed by atoms with Gasteiger partial charge in [0, 0.05) is 18.5 Å². The van der Waals surface area contributed by atoms with Crippen LogP contribution in [0.25, 0.3) is 0 Å². The predicted molar refractivity (Wildman–Crippen MR) is 78.8 cm³/mol. The first-order valence-corrected chi connectivity index (χ1v) is 8.07. The minimum Gasteiger partial charge on any atom is -0.392 e. The van der Waals surface area contributed by atoms with Gasteiger partial charge in [-0.25, -0.2) is 4.39 Å². The Kier molecular flexibility index (Phi) is 5.86. The number of thioether (sulfide) groups is 1. The molecule has 1 heterocycles. The van der Waals surface area contributed by atoms with Gasteiger partial charge >= 0.3 is 0 Å². The Labute approximate surface area is 123 Å². The average Bonchev–Trinajstić information content (AvgIpc) is 2.47. The van der Waals surface area contributed by atoms with Crippen molar-refractivity contribution >= 4 is 17.7 Å². The van der Waals surface area contributed by atoms with Gasteiger partial charge in [0.05, 0.1) is 6.61 Å². The Morgan fingerprint density at radius 1 is 1.40 bits per heavy atom. The summed E-state index contributed by atoms with van der Waals surface area (Å²) in [7, 11) is 0. The molecule has 20 heavy (non-hydrogen) atoms. The monoisotopic (exact) mass is 297 g/mol. The van der Waals surface area contributed by atoms with Crippen molar-refractivity contribution in [2.24, 2.45) is 5.92 Å². The molecule has 110 valence electrons. The standard InChI is InChI=1S/C15H20FNO2S/c16-14-2-1-12(7-13(14)10-18)9-17-15(19)8-11-3-5-20-6-4-11/h1-2,7,11,18H,3-6,8-10H2,(H,17,19). The largest absolute Gasteiger partial charge is 0.392 e. The van der Waals surface area contributed by atoms with Gasteiger partial charge in [0.25, 0.3) is 0 Å². The molecule has 0 aromatic heterocycles. The van der Waals surface area contributed by atoms with Crippen molar-refractivity contribution in [2.45, 2.75) is 32.4 Å². The molecule has 1 aliphatic heterocycles. The van der Waals surface area contributed by atoms with E-state index in [1.165, 1.54) is 6.07 Å². The van der Waals surface area contributed by atoms with Crippen molar-refractivity contribution < 1.29 is 14.3 Å². The lowest BCUT2D eigenvalue weighted by Gasteiger charge is -2.20. The lowest BCUT2D eigenvalue weighted by atomic mass is 9.98. The molecule has 1 amide bonds. The Morgan fingerprint density at radius 2 is 2.15 bits per heavy atom. The van der Waals surface area contributed by atoms with E-state index in [1.54, 1.807) is 12.1 Å². The van der Waals surface area contributed by atoms with Crippen molar-refractivity contribution in [2.75, 3.05) is 11.5 Å². The van der Waals surface area contributed by atoms with Crippen LogP contribution in [0, 0.1) is 11.7 Å². The number of benzene rings is 1. The molecule has 0 atom stereocenters. The Bertz CT molecular complexity index is 461. The van der Waals surface area contributed by atoms with E-state index in [1.807, 2.05) is 11.8 Å². The lowest BCUT2D eigenvalue weighted by molar-refractivity contribution is -0.122. The van der Waals surface area contributed by atoms with E-state index in [-0.39, 0.29) is 18.1 Å². The molecule has 1 aromatic carbocycles. The maximum atomic E-state index is 13.2. The van der Waals surface area contributed by atoms with Crippen molar-refractivity contribution in [3.05, 3.63) is 35.1 Å². The highest BCUT2D eigenvalue weighted by atomic mass is 32.2. The van der Waals surface area contributed by atoms with Gasteiger partial charge in [-0.2, -0.15) is 11.8 Å². The van der Waals surface area contributed by atoms with Crippen molar-refractivity contribution in [1.82, 2.24) is 5.32 Å². The number of nitrogens with one attached hydrogen (secondary N) is 1. The molecule has 0 aliphatic carbocycles. The van der Waals surface area contributed by atoms with Crippen LogP contribution in [-0.2, 0) is 17.9 Å². The number of halogens is 1. The van der Waals surface area contributed by atoms with E-state index in [4.69, 9.17) is 5.11 Å². The van der Waals surface area contributed by atoms with E-state index in [2.05, 4.69) is 5.32 Å². The normalized spacial score (nSPS) is 16.1. The zero-order chi connectivity index (χ0) is 14.4. The van der Waals surface area contributed by atoms with Crippen LogP contribution in [0.3, 0.4) is 0 Å². The van der Waals surface area contributed by atoms with E-state index in [0.717, 1.165) is 29.9 Å². The maximum Gasteiger partial charge on any atom is 0.220 e. The van der Waals surface area contributed by atoms with E-state index >= 15 is 0 Å². The smallest absolute Gasteiger partial charge is 0.220 e. The number of carbonyl (C=O) groups is 1. The predicted octanol–water partition coefficient (Wildman–Crippen LogP) is 2.47. The molecule has 5 heteroatoms. The van der Waals surface area contributed by atoms with E-state index in [0.29, 0.717) is 18.9 Å². The zero-order valence-electron chi connectivity index (χ0n) is 11.4. The zero-order valence-corrected chi connectivity index (χ0v) is 12.2. The van der Waals surface area contributed by atoms with Gasteiger partial charge in [-0.3, -0.25) is 4.79 Å². The third-order valence-corrected chi connectivity index (χ3v) is 4.63. The van der Waals surface area contributed by atoms with Crippen molar-refractivity contribution in [3.63, 3.8) is 0 Å². The number of aliphatic hydroxyl groups excluding tert-OH is 1. The molecule has 0 saturated carbocycles. The molecular weight excluding hydrogens is 277 g/mol. The van der Waals surface area contributed by atoms with Crippen LogP contribution < -0.4 is 5.32 Å². The number of amides is 1. The lowest BCUT2D eigenvalue weighted by Crippen LogP contribution is -2.26. The summed E-state index contributed by atoms with van der Waals surface area (Å²) in [6.45, 7) is 0.0565. The molecule has 3 nitrogen and oxygen atoms in total. The Morgan fingerprint density at radius 3 is 2.85 bits per heavy atom. The highest BCUT2D eigenvalue weighted by Crippen LogP contribution is 2.25. The van der Waals surface area contributed by atoms with Crippen LogP contribution >= 0.6 is 11.8 Å². The fourth-order valence-electron chi connectivity index (χ4n) is 2.34. The van der Waals surface area contributed by atoms with Crippen LogP contribution in [0.5, 0.6) is 0 Å². The molecular formula is C15H20FNO2S.